The van der Waals surface area contributed by atoms with Crippen LogP contribution in [0.15, 0.2) is 35.4 Å². The molecule has 0 saturated heterocycles. The summed E-state index contributed by atoms with van der Waals surface area (Å²) in [5.41, 5.74) is 2.30. The molecule has 0 bridgehead atoms. The van der Waals surface area contributed by atoms with Crippen LogP contribution in [0.3, 0.4) is 0 Å². The van der Waals surface area contributed by atoms with Crippen LogP contribution in [0.5, 0.6) is 0 Å². The fraction of sp³-hybridized carbons (Fsp3) is 0.438. The summed E-state index contributed by atoms with van der Waals surface area (Å²) in [4.78, 5) is 2.38. The van der Waals surface area contributed by atoms with Crippen molar-refractivity contribution in [1.29, 1.82) is 0 Å². The lowest BCUT2D eigenvalue weighted by Crippen LogP contribution is -2.38. The van der Waals surface area contributed by atoms with E-state index in [0.717, 1.165) is 24.3 Å². The van der Waals surface area contributed by atoms with Gasteiger partial charge < -0.3 is 4.90 Å². The molecule has 7 heteroatoms. The van der Waals surface area contributed by atoms with Gasteiger partial charge in [0.1, 0.15) is 4.90 Å². The highest BCUT2D eigenvalue weighted by molar-refractivity contribution is 7.93. The Bertz CT molecular complexity index is 828. The third kappa shape index (κ3) is 2.49. The van der Waals surface area contributed by atoms with Gasteiger partial charge in [-0.05, 0) is 32.4 Å². The molecule has 1 aromatic carbocycles. The van der Waals surface area contributed by atoms with Gasteiger partial charge in [0.2, 0.25) is 0 Å². The smallest absolute Gasteiger partial charge is 0.268 e. The number of benzene rings is 1. The van der Waals surface area contributed by atoms with Gasteiger partial charge in [0.15, 0.2) is 0 Å². The Morgan fingerprint density at radius 1 is 1.17 bits per heavy atom. The van der Waals surface area contributed by atoms with E-state index in [4.69, 9.17) is 0 Å². The average Bonchev–Trinajstić information content (AvgIpc) is 2.78. The molecule has 1 unspecified atom stereocenters. The molecule has 3 rings (SSSR count). The first-order valence-electron chi connectivity index (χ1n) is 7.67. The molecule has 2 heterocycles. The van der Waals surface area contributed by atoms with Gasteiger partial charge in [-0.3, -0.25) is 8.99 Å². The summed E-state index contributed by atoms with van der Waals surface area (Å²) in [5, 5.41) is 4.10. The molecule has 0 radical (unpaired) electrons. The fourth-order valence-corrected chi connectivity index (χ4v) is 4.92. The molecule has 2 aromatic rings. The van der Waals surface area contributed by atoms with Crippen LogP contribution < -0.4 is 9.21 Å². The van der Waals surface area contributed by atoms with Crippen LogP contribution in [0, 0.1) is 6.92 Å². The van der Waals surface area contributed by atoms with Gasteiger partial charge in [-0.2, -0.15) is 5.10 Å². The van der Waals surface area contributed by atoms with Gasteiger partial charge >= 0.3 is 0 Å². The second-order valence-electron chi connectivity index (χ2n) is 6.07. The topological polar surface area (TPSA) is 58.4 Å². The maximum atomic E-state index is 13.3. The zero-order chi connectivity index (χ0) is 16.8. The quantitative estimate of drug-likeness (QED) is 0.844. The lowest BCUT2D eigenvalue weighted by molar-refractivity contribution is 0.574. The molecule has 0 spiro atoms. The number of nitrogens with zero attached hydrogens (tertiary/aromatic N) is 4. The number of rotatable bonds is 2. The minimum atomic E-state index is -3.66. The normalized spacial score (nSPS) is 18.7. The maximum Gasteiger partial charge on any atom is 0.268 e. The van der Waals surface area contributed by atoms with Crippen molar-refractivity contribution in [2.75, 3.05) is 22.8 Å². The highest BCUT2D eigenvalue weighted by Crippen LogP contribution is 2.37. The zero-order valence-electron chi connectivity index (χ0n) is 13.9. The fourth-order valence-electron chi connectivity index (χ4n) is 3.03. The summed E-state index contributed by atoms with van der Waals surface area (Å²) < 4.78 is 29.8. The van der Waals surface area contributed by atoms with E-state index in [2.05, 4.69) is 10.00 Å². The number of anilines is 2. The van der Waals surface area contributed by atoms with Gasteiger partial charge in [0.25, 0.3) is 10.0 Å². The van der Waals surface area contributed by atoms with E-state index >= 15 is 0 Å². The molecule has 1 aliphatic heterocycles. The molecule has 6 nitrogen and oxygen atoms in total. The Balaban J connectivity index is 2.20. The van der Waals surface area contributed by atoms with E-state index in [1.807, 2.05) is 38.2 Å². The van der Waals surface area contributed by atoms with Crippen LogP contribution in [0.1, 0.15) is 19.0 Å². The minimum Gasteiger partial charge on any atom is -0.373 e. The molecule has 0 fully saturated rings. The monoisotopic (exact) mass is 334 g/mol. The summed E-state index contributed by atoms with van der Waals surface area (Å²) in [7, 11) is 0.0910. The van der Waals surface area contributed by atoms with Crippen LogP contribution in [0.2, 0.25) is 0 Å². The molecule has 0 N–H and O–H groups in total. The largest absolute Gasteiger partial charge is 0.373 e. The molecule has 23 heavy (non-hydrogen) atoms. The van der Waals surface area contributed by atoms with Crippen molar-refractivity contribution < 1.29 is 8.42 Å². The highest BCUT2D eigenvalue weighted by atomic mass is 32.2. The second kappa shape index (κ2) is 5.56. The minimum absolute atomic E-state index is 0.120. The number of hydrogen-bond acceptors (Lipinski definition) is 4. The molecule has 0 aliphatic carbocycles. The standard InChI is InChI=1S/C16H22N4O2S/c1-12-9-10-18(3)14-7-5-6-8-15(14)20(12)23(21,22)16-11-17-19(4)13(16)2/h5-8,11-12H,9-10H2,1-4H3. The van der Waals surface area contributed by atoms with Crippen molar-refractivity contribution in [3.8, 4) is 0 Å². The van der Waals surface area contributed by atoms with E-state index in [1.165, 1.54) is 6.20 Å². The van der Waals surface area contributed by atoms with E-state index < -0.39 is 10.0 Å². The second-order valence-corrected chi connectivity index (χ2v) is 7.85. The molecule has 0 amide bonds. The summed E-state index contributed by atoms with van der Waals surface area (Å²) >= 11 is 0. The maximum absolute atomic E-state index is 13.3. The number of para-hydroxylation sites is 2. The van der Waals surface area contributed by atoms with Crippen LogP contribution in [-0.4, -0.2) is 37.8 Å². The number of aryl methyl sites for hydroxylation is 1. The lowest BCUT2D eigenvalue weighted by Gasteiger charge is -2.29. The van der Waals surface area contributed by atoms with Gasteiger partial charge in [-0.25, -0.2) is 8.42 Å². The van der Waals surface area contributed by atoms with E-state index in [0.29, 0.717) is 5.69 Å². The predicted octanol–water partition coefficient (Wildman–Crippen LogP) is 2.15. The molecule has 1 aliphatic rings. The van der Waals surface area contributed by atoms with E-state index in [1.54, 1.807) is 23.0 Å². The average molecular weight is 334 g/mol. The Labute approximate surface area is 137 Å². The molecule has 1 aromatic heterocycles. The predicted molar refractivity (Wildman–Crippen MR) is 91.4 cm³/mol. The summed E-state index contributed by atoms with van der Waals surface area (Å²) in [6, 6.07) is 7.53. The zero-order valence-corrected chi connectivity index (χ0v) is 14.7. The number of hydrogen-bond donors (Lipinski definition) is 0. The van der Waals surface area contributed by atoms with E-state index in [9.17, 15) is 8.42 Å². The van der Waals surface area contributed by atoms with Crippen molar-refractivity contribution in [3.63, 3.8) is 0 Å². The van der Waals surface area contributed by atoms with Gasteiger partial charge in [-0.1, -0.05) is 12.1 Å². The number of sulfonamides is 1. The Morgan fingerprint density at radius 3 is 2.43 bits per heavy atom. The summed E-state index contributed by atoms with van der Waals surface area (Å²) in [6.07, 6.45) is 2.21. The number of fused-ring (bicyclic) bond motifs is 1. The van der Waals surface area contributed by atoms with Crippen LogP contribution in [0.25, 0.3) is 0 Å². The Kier molecular flexibility index (Phi) is 3.83. The third-order valence-electron chi connectivity index (χ3n) is 4.54. The Hall–Kier alpha value is -2.02. The molecular weight excluding hydrogens is 312 g/mol. The van der Waals surface area contributed by atoms with Crippen LogP contribution in [-0.2, 0) is 17.1 Å². The first kappa shape index (κ1) is 15.9. The number of aromatic nitrogens is 2. The van der Waals surface area contributed by atoms with Crippen molar-refractivity contribution in [2.24, 2.45) is 7.05 Å². The highest BCUT2D eigenvalue weighted by Gasteiger charge is 2.35. The van der Waals surface area contributed by atoms with Crippen LogP contribution in [0.4, 0.5) is 11.4 Å². The van der Waals surface area contributed by atoms with Gasteiger partial charge in [-0.15, -0.1) is 0 Å². The molecule has 124 valence electrons. The lowest BCUT2D eigenvalue weighted by atomic mass is 10.2. The molecule has 0 saturated carbocycles. The SMILES string of the molecule is Cc1c(S(=O)(=O)N2c3ccccc3N(C)CCC2C)cnn1C. The van der Waals surface area contributed by atoms with Crippen molar-refractivity contribution in [2.45, 2.75) is 31.2 Å². The summed E-state index contributed by atoms with van der Waals surface area (Å²) in [6.45, 7) is 4.55. The van der Waals surface area contributed by atoms with Crippen molar-refractivity contribution in [3.05, 3.63) is 36.2 Å². The first-order valence-corrected chi connectivity index (χ1v) is 9.11. The molecular formula is C16H22N4O2S. The molecule has 1 atom stereocenters. The summed E-state index contributed by atoms with van der Waals surface area (Å²) in [5.74, 6) is 0. The van der Waals surface area contributed by atoms with Crippen LogP contribution >= 0.6 is 0 Å². The van der Waals surface area contributed by atoms with Crippen molar-refractivity contribution in [1.82, 2.24) is 9.78 Å². The van der Waals surface area contributed by atoms with Crippen molar-refractivity contribution >= 4 is 21.4 Å². The van der Waals surface area contributed by atoms with Gasteiger partial charge in [0, 0.05) is 26.7 Å². The third-order valence-corrected chi connectivity index (χ3v) is 6.57. The van der Waals surface area contributed by atoms with Gasteiger partial charge in [0.05, 0.1) is 23.3 Å². The first-order chi connectivity index (χ1) is 10.8. The Morgan fingerprint density at radius 2 is 1.83 bits per heavy atom. The van der Waals surface area contributed by atoms with E-state index in [-0.39, 0.29) is 10.9 Å².